The summed E-state index contributed by atoms with van der Waals surface area (Å²) in [4.78, 5) is 39.2. The van der Waals surface area contributed by atoms with Crippen molar-refractivity contribution in [1.29, 1.82) is 0 Å². The second-order valence-electron chi connectivity index (χ2n) is 10.2. The first-order valence-corrected chi connectivity index (χ1v) is 14.8. The fraction of sp³-hybridized carbons (Fsp3) is 0.893. The molecule has 0 amide bonds. The number of aliphatic carboxylic acids is 3. The zero-order valence-electron chi connectivity index (χ0n) is 24.2. The van der Waals surface area contributed by atoms with E-state index in [1.807, 2.05) is 4.90 Å². The van der Waals surface area contributed by atoms with Crippen molar-refractivity contribution in [2.75, 3.05) is 72.0 Å². The Labute approximate surface area is 230 Å². The van der Waals surface area contributed by atoms with Gasteiger partial charge < -0.3 is 25.5 Å². The molecule has 10 nitrogen and oxygen atoms in total. The van der Waals surface area contributed by atoms with E-state index >= 15 is 0 Å². The number of carbonyl (C=O) groups is 3. The minimum absolute atomic E-state index is 0.0890. The van der Waals surface area contributed by atoms with E-state index < -0.39 is 17.9 Å². The predicted octanol–water partition coefficient (Wildman–Crippen LogP) is 3.46. The highest BCUT2D eigenvalue weighted by Gasteiger charge is 2.15. The molecule has 10 heteroatoms. The van der Waals surface area contributed by atoms with Crippen molar-refractivity contribution in [2.24, 2.45) is 0 Å². The Morgan fingerprint density at radius 2 is 0.947 bits per heavy atom. The van der Waals surface area contributed by atoms with Crippen LogP contribution in [0.4, 0.5) is 0 Å². The number of hydrogen-bond acceptors (Lipinski definition) is 7. The Morgan fingerprint density at radius 3 is 1.37 bits per heavy atom. The van der Waals surface area contributed by atoms with Crippen LogP contribution in [-0.2, 0) is 14.4 Å². The van der Waals surface area contributed by atoms with E-state index in [2.05, 4.69) is 24.1 Å². The van der Waals surface area contributed by atoms with Crippen molar-refractivity contribution in [2.45, 2.75) is 90.9 Å². The monoisotopic (exact) mass is 544 g/mol. The Kier molecular flexibility index (Phi) is 24.3. The van der Waals surface area contributed by atoms with Crippen LogP contribution >= 0.6 is 0 Å². The van der Waals surface area contributed by atoms with E-state index in [0.717, 1.165) is 26.1 Å². The van der Waals surface area contributed by atoms with Gasteiger partial charge in [-0.05, 0) is 19.5 Å². The zero-order chi connectivity index (χ0) is 28.4. The lowest BCUT2D eigenvalue weighted by molar-refractivity contribution is -0.140. The maximum Gasteiger partial charge on any atom is 0.317 e. The standard InChI is InChI=1S/C28H56N4O6/c1-3-5-6-7-8-9-10-11-12-13-14-15-17-30(4-2)19-20-32(25-28(37)38)22-21-31(24-27(35)36)18-16-29-23-26(33)34/h29H,3-25H2,1-2H3,(H,33,34)(H,35,36)(H,37,38). The molecule has 0 atom stereocenters. The molecule has 0 rings (SSSR count). The average Bonchev–Trinajstić information content (AvgIpc) is 2.86. The summed E-state index contributed by atoms with van der Waals surface area (Å²) in [5, 5.41) is 30.0. The highest BCUT2D eigenvalue weighted by Crippen LogP contribution is 2.12. The van der Waals surface area contributed by atoms with Crippen LogP contribution in [0, 0.1) is 0 Å². The second-order valence-corrected chi connectivity index (χ2v) is 10.2. The highest BCUT2D eigenvalue weighted by molar-refractivity contribution is 5.69. The molecule has 0 saturated heterocycles. The van der Waals surface area contributed by atoms with Crippen LogP contribution in [0.5, 0.6) is 0 Å². The molecule has 0 saturated carbocycles. The summed E-state index contributed by atoms with van der Waals surface area (Å²) in [7, 11) is 0. The lowest BCUT2D eigenvalue weighted by Gasteiger charge is -2.28. The van der Waals surface area contributed by atoms with Crippen LogP contribution < -0.4 is 5.32 Å². The smallest absolute Gasteiger partial charge is 0.317 e. The van der Waals surface area contributed by atoms with Gasteiger partial charge in [0, 0.05) is 39.3 Å². The third-order valence-corrected chi connectivity index (χ3v) is 6.84. The van der Waals surface area contributed by atoms with Gasteiger partial charge in [0.05, 0.1) is 19.6 Å². The molecule has 0 spiro atoms. The highest BCUT2D eigenvalue weighted by atomic mass is 16.4. The summed E-state index contributed by atoms with van der Waals surface area (Å²) in [6.07, 6.45) is 15.9. The molecule has 224 valence electrons. The van der Waals surface area contributed by atoms with Gasteiger partial charge in [-0.3, -0.25) is 24.2 Å². The first kappa shape index (κ1) is 36.2. The molecule has 0 unspecified atom stereocenters. The number of carboxylic acid groups (broad SMARTS) is 3. The third kappa shape index (κ3) is 24.6. The normalized spacial score (nSPS) is 11.6. The Hall–Kier alpha value is -1.75. The molecule has 0 aromatic carbocycles. The summed E-state index contributed by atoms with van der Waals surface area (Å²) >= 11 is 0. The predicted molar refractivity (Wildman–Crippen MR) is 152 cm³/mol. The molecule has 0 heterocycles. The van der Waals surface area contributed by atoms with Gasteiger partial charge in [-0.25, -0.2) is 0 Å². The van der Waals surface area contributed by atoms with Crippen molar-refractivity contribution in [1.82, 2.24) is 20.0 Å². The molecule has 38 heavy (non-hydrogen) atoms. The first-order chi connectivity index (χ1) is 18.3. The fourth-order valence-corrected chi connectivity index (χ4v) is 4.53. The quantitative estimate of drug-likeness (QED) is 0.104. The number of carboxylic acids is 3. The van der Waals surface area contributed by atoms with Gasteiger partial charge in [0.2, 0.25) is 0 Å². The van der Waals surface area contributed by atoms with E-state index in [9.17, 15) is 24.6 Å². The van der Waals surface area contributed by atoms with E-state index in [1.54, 1.807) is 4.90 Å². The summed E-state index contributed by atoms with van der Waals surface area (Å²) in [5.41, 5.74) is 0. The maximum absolute atomic E-state index is 11.4. The fourth-order valence-electron chi connectivity index (χ4n) is 4.53. The maximum atomic E-state index is 11.4. The van der Waals surface area contributed by atoms with Crippen molar-refractivity contribution in [3.05, 3.63) is 0 Å². The Bertz CT molecular complexity index is 608. The minimum Gasteiger partial charge on any atom is -0.480 e. The van der Waals surface area contributed by atoms with Gasteiger partial charge in [-0.2, -0.15) is 0 Å². The molecule has 0 aromatic heterocycles. The van der Waals surface area contributed by atoms with Crippen LogP contribution in [0.1, 0.15) is 90.9 Å². The summed E-state index contributed by atoms with van der Waals surface area (Å²) in [6.45, 7) is 8.81. The van der Waals surface area contributed by atoms with Gasteiger partial charge >= 0.3 is 17.9 Å². The first-order valence-electron chi connectivity index (χ1n) is 14.8. The molecule has 0 radical (unpaired) electrons. The number of likely N-dealkylation sites (N-methyl/N-ethyl adjacent to an activating group) is 1. The lowest BCUT2D eigenvalue weighted by Crippen LogP contribution is -2.44. The van der Waals surface area contributed by atoms with Gasteiger partial charge in [0.1, 0.15) is 0 Å². The minimum atomic E-state index is -0.966. The number of nitrogens with zero attached hydrogens (tertiary/aromatic N) is 3. The third-order valence-electron chi connectivity index (χ3n) is 6.84. The van der Waals surface area contributed by atoms with E-state index in [0.29, 0.717) is 32.7 Å². The van der Waals surface area contributed by atoms with Gasteiger partial charge in [-0.1, -0.05) is 84.5 Å². The topological polar surface area (TPSA) is 134 Å². The van der Waals surface area contributed by atoms with Crippen molar-refractivity contribution >= 4 is 17.9 Å². The zero-order valence-corrected chi connectivity index (χ0v) is 24.2. The molecule has 4 N–H and O–H groups in total. The van der Waals surface area contributed by atoms with Crippen molar-refractivity contribution in [3.63, 3.8) is 0 Å². The number of unbranched alkanes of at least 4 members (excludes halogenated alkanes) is 11. The Balaban J connectivity index is 4.25. The van der Waals surface area contributed by atoms with Gasteiger partial charge in [0.15, 0.2) is 0 Å². The molecular formula is C28H56N4O6. The Morgan fingerprint density at radius 1 is 0.526 bits per heavy atom. The van der Waals surface area contributed by atoms with Gasteiger partial charge in [-0.15, -0.1) is 0 Å². The lowest BCUT2D eigenvalue weighted by atomic mass is 10.1. The van der Waals surface area contributed by atoms with Crippen LogP contribution in [0.2, 0.25) is 0 Å². The van der Waals surface area contributed by atoms with Gasteiger partial charge in [0.25, 0.3) is 0 Å². The van der Waals surface area contributed by atoms with Crippen LogP contribution in [-0.4, -0.2) is 120 Å². The number of nitrogens with one attached hydrogen (secondary N) is 1. The molecule has 0 fully saturated rings. The van der Waals surface area contributed by atoms with Crippen LogP contribution in [0.3, 0.4) is 0 Å². The van der Waals surface area contributed by atoms with E-state index in [4.69, 9.17) is 5.11 Å². The number of hydrogen-bond donors (Lipinski definition) is 4. The second kappa shape index (κ2) is 25.5. The summed E-state index contributed by atoms with van der Waals surface area (Å²) in [6, 6.07) is 0. The van der Waals surface area contributed by atoms with Crippen LogP contribution in [0.15, 0.2) is 0 Å². The summed E-state index contributed by atoms with van der Waals surface area (Å²) < 4.78 is 0. The largest absolute Gasteiger partial charge is 0.480 e. The molecule has 0 bridgehead atoms. The molecule has 0 aliphatic carbocycles. The summed E-state index contributed by atoms with van der Waals surface area (Å²) in [5.74, 6) is -2.83. The average molecular weight is 545 g/mol. The molecule has 0 aliphatic rings. The molecule has 0 aromatic rings. The van der Waals surface area contributed by atoms with Crippen LogP contribution in [0.25, 0.3) is 0 Å². The molecule has 0 aliphatic heterocycles. The SMILES string of the molecule is CCCCCCCCCCCCCCN(CC)CCN(CCN(CCNCC(=O)O)CC(=O)O)CC(=O)O. The molecular weight excluding hydrogens is 488 g/mol. The number of rotatable bonds is 29. The van der Waals surface area contributed by atoms with Crippen molar-refractivity contribution < 1.29 is 29.7 Å². The van der Waals surface area contributed by atoms with E-state index in [1.165, 1.54) is 70.6 Å². The van der Waals surface area contributed by atoms with Crippen molar-refractivity contribution in [3.8, 4) is 0 Å². The van der Waals surface area contributed by atoms with E-state index in [-0.39, 0.29) is 19.6 Å².